The Morgan fingerprint density at radius 1 is 1.09 bits per heavy atom. The van der Waals surface area contributed by atoms with E-state index >= 15 is 0 Å². The number of hydrogen-bond donors (Lipinski definition) is 2. The molecule has 2 bridgehead atoms. The molecule has 0 radical (unpaired) electrons. The highest BCUT2D eigenvalue weighted by atomic mass is 15.3. The van der Waals surface area contributed by atoms with Gasteiger partial charge in [0.25, 0.3) is 0 Å². The second kappa shape index (κ2) is 13.4. The van der Waals surface area contributed by atoms with Gasteiger partial charge in [0.2, 0.25) is 0 Å². The Labute approximate surface area is 279 Å². The van der Waals surface area contributed by atoms with Gasteiger partial charge in [-0.3, -0.25) is 4.68 Å². The molecule has 2 saturated carbocycles. The van der Waals surface area contributed by atoms with Crippen molar-refractivity contribution in [3.63, 3.8) is 0 Å². The monoisotopic (exact) mass is 627 g/mol. The summed E-state index contributed by atoms with van der Waals surface area (Å²) in [5, 5.41) is 13.0. The van der Waals surface area contributed by atoms with Crippen LogP contribution < -0.4 is 15.5 Å². The zero-order valence-corrected chi connectivity index (χ0v) is 29.6. The number of aryl methyl sites for hydroxylation is 1. The topological polar surface area (TPSA) is 51.6 Å². The minimum Gasteiger partial charge on any atom is -0.375 e. The largest absolute Gasteiger partial charge is 0.375 e. The number of allylic oxidation sites excluding steroid dienone is 1. The predicted octanol–water partition coefficient (Wildman–Crippen LogP) is 7.00. The minimum absolute atomic E-state index is 0.223. The van der Waals surface area contributed by atoms with Gasteiger partial charge in [-0.05, 0) is 120 Å². The van der Waals surface area contributed by atoms with Crippen molar-refractivity contribution >= 4 is 16.7 Å². The van der Waals surface area contributed by atoms with Crippen LogP contribution in [0.25, 0.3) is 10.9 Å². The van der Waals surface area contributed by atoms with E-state index < -0.39 is 0 Å². The molecule has 2 saturated heterocycles. The smallest absolute Gasteiger partial charge is 0.158 e. The first-order valence-corrected chi connectivity index (χ1v) is 18.1. The highest BCUT2D eigenvalue weighted by molar-refractivity contribution is 5.91. The van der Waals surface area contributed by atoms with Gasteiger partial charge in [0.15, 0.2) is 5.82 Å². The lowest BCUT2D eigenvalue weighted by Crippen LogP contribution is -2.57. The molecule has 4 aliphatic rings. The number of nitrogens with one attached hydrogen (secondary N) is 2. The van der Waals surface area contributed by atoms with Crippen LogP contribution in [0.5, 0.6) is 0 Å². The lowest BCUT2D eigenvalue weighted by atomic mass is 9.55. The van der Waals surface area contributed by atoms with E-state index in [1.807, 2.05) is 0 Å². The Morgan fingerprint density at radius 3 is 2.52 bits per heavy atom. The molecule has 46 heavy (non-hydrogen) atoms. The van der Waals surface area contributed by atoms with Crippen molar-refractivity contribution in [1.29, 1.82) is 0 Å². The maximum absolute atomic E-state index is 4.90. The van der Waals surface area contributed by atoms with Crippen molar-refractivity contribution in [2.45, 2.75) is 95.6 Å². The van der Waals surface area contributed by atoms with Crippen LogP contribution in [0.3, 0.4) is 0 Å². The Hall–Kier alpha value is -2.77. The molecule has 2 aliphatic heterocycles. The first-order valence-electron chi connectivity index (χ1n) is 18.1. The van der Waals surface area contributed by atoms with Crippen LogP contribution in [0.15, 0.2) is 55.5 Å². The Morgan fingerprint density at radius 2 is 1.83 bits per heavy atom. The van der Waals surface area contributed by atoms with E-state index in [0.29, 0.717) is 17.5 Å². The molecule has 0 amide bonds. The van der Waals surface area contributed by atoms with Crippen LogP contribution in [0.2, 0.25) is 0 Å². The summed E-state index contributed by atoms with van der Waals surface area (Å²) in [6.45, 7) is 23.2. The van der Waals surface area contributed by atoms with Gasteiger partial charge in [-0.25, -0.2) is 0 Å². The summed E-state index contributed by atoms with van der Waals surface area (Å²) in [5.74, 6) is 3.33. The second-order valence-electron chi connectivity index (χ2n) is 15.9. The molecule has 2 aromatic rings. The standard InChI is InChI=1S/C39H61N7/c1-9-41-29(3)12-17-43(7)37-35-11-10-33(23-36(35)44(8)42-37)32-13-18-46(19-14-32)34-15-20-45(21-16-34)30(4)38(5)25-31-22-28(2)24-39(26-31,27-38)40-6/h9-11,23,28,31-32,34,40-41H,1,3-4,12-22,24-27H2,2,5-8H3. The van der Waals surface area contributed by atoms with Crippen molar-refractivity contribution < 1.29 is 0 Å². The minimum atomic E-state index is 0.223. The first kappa shape index (κ1) is 33.1. The van der Waals surface area contributed by atoms with E-state index in [0.717, 1.165) is 36.3 Å². The molecule has 2 aliphatic carbocycles. The normalized spacial score (nSPS) is 29.5. The number of piperidine rings is 2. The van der Waals surface area contributed by atoms with Crippen molar-refractivity contribution in [2.75, 3.05) is 51.7 Å². The van der Waals surface area contributed by atoms with Crippen LogP contribution >= 0.6 is 0 Å². The SMILES string of the molecule is C=CNC(=C)CCN(C)c1nn(C)c2cc(C3CCN(C4CCN(C(=C)C5(C)CC6CC(C)CC(NC)(C6)C5)CC4)CC3)ccc12. The third-order valence-electron chi connectivity index (χ3n) is 12.5. The molecule has 6 rings (SSSR count). The number of anilines is 1. The van der Waals surface area contributed by atoms with Crippen LogP contribution in [0.4, 0.5) is 5.82 Å². The predicted molar refractivity (Wildman–Crippen MR) is 194 cm³/mol. The summed E-state index contributed by atoms with van der Waals surface area (Å²) in [6, 6.07) is 7.78. The number of nitrogens with zero attached hydrogens (tertiary/aromatic N) is 5. The molecule has 2 N–H and O–H groups in total. The van der Waals surface area contributed by atoms with Gasteiger partial charge in [0.05, 0.1) is 5.52 Å². The van der Waals surface area contributed by atoms with E-state index in [2.05, 4.69) is 96.4 Å². The highest BCUT2D eigenvalue weighted by Crippen LogP contribution is 2.55. The molecule has 4 unspecified atom stereocenters. The molecule has 4 fully saturated rings. The number of benzene rings is 1. The van der Waals surface area contributed by atoms with Gasteiger partial charge in [0.1, 0.15) is 0 Å². The Kier molecular flexibility index (Phi) is 9.65. The summed E-state index contributed by atoms with van der Waals surface area (Å²) in [6.07, 6.45) is 14.2. The number of likely N-dealkylation sites (tertiary alicyclic amines) is 2. The Balaban J connectivity index is 1.01. The summed E-state index contributed by atoms with van der Waals surface area (Å²) >= 11 is 0. The molecule has 0 spiro atoms. The van der Waals surface area contributed by atoms with Crippen LogP contribution in [0, 0.1) is 17.3 Å². The lowest BCUT2D eigenvalue weighted by molar-refractivity contribution is 0.00742. The number of aromatic nitrogens is 2. The molecular formula is C39H61N7. The fourth-order valence-corrected chi connectivity index (χ4v) is 10.2. The first-order chi connectivity index (χ1) is 22.0. The van der Waals surface area contributed by atoms with E-state index in [4.69, 9.17) is 11.7 Å². The van der Waals surface area contributed by atoms with Crippen molar-refractivity contribution in [2.24, 2.45) is 24.3 Å². The molecule has 7 heteroatoms. The summed E-state index contributed by atoms with van der Waals surface area (Å²) < 4.78 is 2.05. The summed E-state index contributed by atoms with van der Waals surface area (Å²) in [4.78, 5) is 7.72. The van der Waals surface area contributed by atoms with Gasteiger partial charge in [-0.1, -0.05) is 39.7 Å². The van der Waals surface area contributed by atoms with Crippen molar-refractivity contribution in [3.8, 4) is 0 Å². The van der Waals surface area contributed by atoms with Crippen LogP contribution in [-0.4, -0.2) is 78.0 Å². The van der Waals surface area contributed by atoms with E-state index in [1.165, 1.54) is 106 Å². The molecule has 1 aromatic heterocycles. The fourth-order valence-electron chi connectivity index (χ4n) is 10.2. The number of fused-ring (bicyclic) bond motifs is 3. The Bertz CT molecular complexity index is 1410. The zero-order valence-electron chi connectivity index (χ0n) is 29.6. The lowest BCUT2D eigenvalue weighted by Gasteiger charge is -2.56. The van der Waals surface area contributed by atoms with Gasteiger partial charge in [-0.2, -0.15) is 5.10 Å². The van der Waals surface area contributed by atoms with E-state index in [9.17, 15) is 0 Å². The number of hydrogen-bond acceptors (Lipinski definition) is 6. The van der Waals surface area contributed by atoms with Gasteiger partial charge >= 0.3 is 0 Å². The average Bonchev–Trinajstić information content (AvgIpc) is 3.38. The summed E-state index contributed by atoms with van der Waals surface area (Å²) in [7, 11) is 6.40. The average molecular weight is 628 g/mol. The van der Waals surface area contributed by atoms with E-state index in [1.54, 1.807) is 6.20 Å². The fraction of sp³-hybridized carbons (Fsp3) is 0.667. The third-order valence-corrected chi connectivity index (χ3v) is 12.5. The van der Waals surface area contributed by atoms with Crippen LogP contribution in [-0.2, 0) is 7.05 Å². The third kappa shape index (κ3) is 6.64. The molecule has 7 nitrogen and oxygen atoms in total. The van der Waals surface area contributed by atoms with E-state index in [-0.39, 0.29) is 5.41 Å². The number of rotatable bonds is 11. The molecule has 1 aromatic carbocycles. The maximum Gasteiger partial charge on any atom is 0.158 e. The zero-order chi connectivity index (χ0) is 32.6. The van der Waals surface area contributed by atoms with Crippen molar-refractivity contribution in [1.82, 2.24) is 30.2 Å². The highest BCUT2D eigenvalue weighted by Gasteiger charge is 2.51. The quantitative estimate of drug-likeness (QED) is 0.280. The molecule has 3 heterocycles. The van der Waals surface area contributed by atoms with Gasteiger partial charge in [-0.15, -0.1) is 0 Å². The second-order valence-corrected chi connectivity index (χ2v) is 15.9. The van der Waals surface area contributed by atoms with Crippen LogP contribution in [0.1, 0.15) is 89.5 Å². The molecule has 252 valence electrons. The molecular weight excluding hydrogens is 566 g/mol. The van der Waals surface area contributed by atoms with Gasteiger partial charge in [0, 0.05) is 73.9 Å². The van der Waals surface area contributed by atoms with Crippen molar-refractivity contribution in [3.05, 3.63) is 61.1 Å². The summed E-state index contributed by atoms with van der Waals surface area (Å²) in [5.41, 5.74) is 5.62. The molecule has 4 atom stereocenters. The van der Waals surface area contributed by atoms with Gasteiger partial charge < -0.3 is 25.3 Å². The maximum atomic E-state index is 4.90.